The lowest BCUT2D eigenvalue weighted by molar-refractivity contribution is -0.140. The van der Waals surface area contributed by atoms with Crippen LogP contribution in [-0.2, 0) is 19.1 Å². The van der Waals surface area contributed by atoms with E-state index in [1.807, 2.05) is 18.2 Å². The molecule has 2 aliphatic heterocycles. The van der Waals surface area contributed by atoms with Crippen molar-refractivity contribution < 1.29 is 33.0 Å². The number of fused-ring (bicyclic) bond motifs is 2. The van der Waals surface area contributed by atoms with E-state index in [1.165, 1.54) is 24.0 Å². The van der Waals surface area contributed by atoms with Crippen LogP contribution in [0.15, 0.2) is 105 Å². The van der Waals surface area contributed by atoms with Gasteiger partial charge in [0.15, 0.2) is 4.80 Å². The lowest BCUT2D eigenvalue weighted by atomic mass is 9.96. The fourth-order valence-corrected chi connectivity index (χ4v) is 6.46. The van der Waals surface area contributed by atoms with Crippen molar-refractivity contribution >= 4 is 40.4 Å². The molecule has 4 heterocycles. The number of hydrogen-bond donors (Lipinski definition) is 0. The maximum atomic E-state index is 14.3. The molecule has 1 unspecified atom stereocenters. The van der Waals surface area contributed by atoms with Crippen molar-refractivity contribution in [3.8, 4) is 5.75 Å². The number of esters is 2. The van der Waals surface area contributed by atoms with Gasteiger partial charge < -0.3 is 23.5 Å². The summed E-state index contributed by atoms with van der Waals surface area (Å²) in [6, 6.07) is 15.8. The fourth-order valence-electron chi connectivity index (χ4n) is 5.32. The van der Waals surface area contributed by atoms with Crippen molar-refractivity contribution in [2.75, 3.05) is 31.8 Å². The molecule has 0 aliphatic carbocycles. The Labute approximate surface area is 260 Å². The second-order valence-corrected chi connectivity index (χ2v) is 11.0. The van der Waals surface area contributed by atoms with Gasteiger partial charge in [-0.2, -0.15) is 0 Å². The highest BCUT2D eigenvalue weighted by molar-refractivity contribution is 7.07. The van der Waals surface area contributed by atoms with Gasteiger partial charge in [0.2, 0.25) is 5.76 Å². The van der Waals surface area contributed by atoms with Crippen molar-refractivity contribution in [2.24, 2.45) is 4.99 Å². The first-order valence-corrected chi connectivity index (χ1v) is 14.7. The third-order valence-corrected chi connectivity index (χ3v) is 8.38. The van der Waals surface area contributed by atoms with Gasteiger partial charge in [-0.05, 0) is 42.8 Å². The molecule has 0 radical (unpaired) electrons. The Hall–Kier alpha value is -5.33. The van der Waals surface area contributed by atoms with Gasteiger partial charge in [0.1, 0.15) is 16.9 Å². The summed E-state index contributed by atoms with van der Waals surface area (Å²) >= 11 is 1.08. The third kappa shape index (κ3) is 5.34. The van der Waals surface area contributed by atoms with Gasteiger partial charge in [-0.3, -0.25) is 14.2 Å². The van der Waals surface area contributed by atoms with E-state index in [2.05, 4.69) is 11.6 Å². The Morgan fingerprint density at radius 2 is 1.82 bits per heavy atom. The minimum Gasteiger partial charge on any atom is -0.460 e. The normalized spacial score (nSPS) is 16.6. The van der Waals surface area contributed by atoms with E-state index in [0.717, 1.165) is 11.3 Å². The van der Waals surface area contributed by atoms with Crippen molar-refractivity contribution in [2.45, 2.75) is 13.0 Å². The Kier molecular flexibility index (Phi) is 8.16. The lowest BCUT2D eigenvalue weighted by Crippen LogP contribution is -2.41. The summed E-state index contributed by atoms with van der Waals surface area (Å²) in [5.74, 6) is -1.39. The smallest absolute Gasteiger partial charge is 0.379 e. The zero-order valence-electron chi connectivity index (χ0n) is 24.3. The molecule has 11 nitrogen and oxygen atoms in total. The van der Waals surface area contributed by atoms with E-state index in [4.69, 9.17) is 18.6 Å². The number of thiazole rings is 1. The highest BCUT2D eigenvalue weighted by Crippen LogP contribution is 2.36. The van der Waals surface area contributed by atoms with Crippen LogP contribution < -0.4 is 24.5 Å². The fraction of sp³-hybridized carbons (Fsp3) is 0.182. The molecule has 228 valence electrons. The van der Waals surface area contributed by atoms with E-state index >= 15 is 0 Å². The van der Waals surface area contributed by atoms with Gasteiger partial charge in [0, 0.05) is 19.2 Å². The molecule has 0 N–H and O–H groups in total. The van der Waals surface area contributed by atoms with Crippen molar-refractivity contribution in [3.63, 3.8) is 0 Å². The second-order valence-electron chi connectivity index (χ2n) is 10.1. The molecular formula is C33H27N3O8S. The van der Waals surface area contributed by atoms with E-state index in [-0.39, 0.29) is 52.9 Å². The Morgan fingerprint density at radius 3 is 2.53 bits per heavy atom. The molecule has 0 bridgehead atoms. The molecule has 0 fully saturated rings. The van der Waals surface area contributed by atoms with E-state index < -0.39 is 23.5 Å². The highest BCUT2D eigenvalue weighted by Gasteiger charge is 2.37. The van der Waals surface area contributed by atoms with Crippen LogP contribution in [0.1, 0.15) is 34.6 Å². The number of benzene rings is 2. The number of methoxy groups -OCH3 is 1. The highest BCUT2D eigenvalue weighted by atomic mass is 32.1. The molecule has 12 heteroatoms. The quantitative estimate of drug-likeness (QED) is 0.120. The Balaban J connectivity index is 1.49. The number of furan rings is 1. The number of amides is 1. The number of allylic oxidation sites excluding steroid dienone is 1. The SMILES string of the molecule is C=CCN1C(=O)C(=c2sc3n(c2=O)C(c2ccc(OC(=O)c4ccco4)cc2)C(C(=O)OCCOC)=C(C)N=3)c2ccccc21. The average Bonchev–Trinajstić information content (AvgIpc) is 3.75. The first kappa shape index (κ1) is 29.7. The van der Waals surface area contributed by atoms with Crippen molar-refractivity contribution in [1.29, 1.82) is 0 Å². The van der Waals surface area contributed by atoms with Gasteiger partial charge in [0.25, 0.3) is 11.5 Å². The summed E-state index contributed by atoms with van der Waals surface area (Å²) in [5, 5.41) is 0. The van der Waals surface area contributed by atoms with Gasteiger partial charge in [-0.1, -0.05) is 47.7 Å². The molecule has 4 aromatic rings. The van der Waals surface area contributed by atoms with Gasteiger partial charge >= 0.3 is 11.9 Å². The predicted molar refractivity (Wildman–Crippen MR) is 165 cm³/mol. The largest absolute Gasteiger partial charge is 0.460 e. The monoisotopic (exact) mass is 625 g/mol. The number of anilines is 1. The number of nitrogens with zero attached hydrogens (tertiary/aromatic N) is 3. The van der Waals surface area contributed by atoms with Gasteiger partial charge in [-0.25, -0.2) is 14.6 Å². The van der Waals surface area contributed by atoms with Gasteiger partial charge in [-0.15, -0.1) is 6.58 Å². The number of carbonyl (C=O) groups is 3. The number of ether oxygens (including phenoxy) is 3. The van der Waals surface area contributed by atoms with Crippen LogP contribution in [0.25, 0.3) is 5.57 Å². The van der Waals surface area contributed by atoms with E-state index in [9.17, 15) is 19.2 Å². The summed E-state index contributed by atoms with van der Waals surface area (Å²) in [4.78, 5) is 60.4. The number of para-hydroxylation sites is 1. The number of carbonyl (C=O) groups excluding carboxylic acids is 3. The summed E-state index contributed by atoms with van der Waals surface area (Å²) in [6.45, 7) is 5.89. The molecule has 45 heavy (non-hydrogen) atoms. The van der Waals surface area contributed by atoms with Crippen LogP contribution in [0.4, 0.5) is 5.69 Å². The second kappa shape index (κ2) is 12.3. The Morgan fingerprint density at radius 1 is 1.04 bits per heavy atom. The molecule has 0 spiro atoms. The standard InChI is InChI=1S/C33H27N3O8S/c1-4-15-35-23-9-6-5-8-22(23)26(29(35)37)28-30(38)36-27(25(19(2)34-33(36)45-28)32(40)43-18-17-41-3)20-11-13-21(14-12-20)44-31(39)24-10-7-16-42-24/h4-14,16,27H,1,15,17-18H2,2-3H3. The van der Waals surface area contributed by atoms with Crippen LogP contribution in [-0.4, -0.2) is 49.3 Å². The van der Waals surface area contributed by atoms with Gasteiger partial charge in [0.05, 0.1) is 41.4 Å². The molecule has 2 aliphatic rings. The van der Waals surface area contributed by atoms with Crippen LogP contribution in [0.3, 0.4) is 0 Å². The van der Waals surface area contributed by atoms with E-state index in [1.54, 1.807) is 54.3 Å². The molecule has 6 rings (SSSR count). The first-order chi connectivity index (χ1) is 21.8. The van der Waals surface area contributed by atoms with E-state index in [0.29, 0.717) is 27.3 Å². The maximum absolute atomic E-state index is 14.3. The summed E-state index contributed by atoms with van der Waals surface area (Å²) in [6.07, 6.45) is 2.99. The van der Waals surface area contributed by atoms with Crippen molar-refractivity contribution in [3.05, 3.63) is 127 Å². The molecule has 1 atom stereocenters. The Bertz CT molecular complexity index is 2040. The summed E-state index contributed by atoms with van der Waals surface area (Å²) in [7, 11) is 1.49. The summed E-state index contributed by atoms with van der Waals surface area (Å²) in [5.41, 5.74) is 2.14. The van der Waals surface area contributed by atoms with Crippen LogP contribution >= 0.6 is 11.3 Å². The average molecular weight is 626 g/mol. The number of hydrogen-bond acceptors (Lipinski definition) is 10. The lowest BCUT2D eigenvalue weighted by Gasteiger charge is -2.25. The minimum atomic E-state index is -0.948. The van der Waals surface area contributed by atoms with Crippen LogP contribution in [0.2, 0.25) is 0 Å². The molecule has 2 aromatic carbocycles. The number of aromatic nitrogens is 1. The van der Waals surface area contributed by atoms with Crippen LogP contribution in [0.5, 0.6) is 5.75 Å². The first-order valence-electron chi connectivity index (χ1n) is 13.9. The third-order valence-electron chi connectivity index (χ3n) is 7.33. The molecular weight excluding hydrogens is 598 g/mol. The van der Waals surface area contributed by atoms with Crippen LogP contribution in [0, 0.1) is 0 Å². The molecule has 1 amide bonds. The topological polar surface area (TPSA) is 130 Å². The molecule has 0 saturated carbocycles. The maximum Gasteiger partial charge on any atom is 0.379 e. The van der Waals surface area contributed by atoms with Crippen molar-refractivity contribution in [1.82, 2.24) is 4.57 Å². The minimum absolute atomic E-state index is 0.000501. The zero-order valence-corrected chi connectivity index (χ0v) is 25.2. The molecule has 2 aromatic heterocycles. The number of rotatable bonds is 9. The zero-order chi connectivity index (χ0) is 31.7. The molecule has 0 saturated heterocycles. The summed E-state index contributed by atoms with van der Waals surface area (Å²) < 4.78 is 22.6. The predicted octanol–water partition coefficient (Wildman–Crippen LogP) is 3.14.